The number of nitrogens with one attached hydrogen (secondary N) is 2. The third kappa shape index (κ3) is 3.34. The molecule has 5 nitrogen and oxygen atoms in total. The molecule has 0 aliphatic carbocycles. The molecule has 0 bridgehead atoms. The lowest BCUT2D eigenvalue weighted by atomic mass is 10.3. The summed E-state index contributed by atoms with van der Waals surface area (Å²) in [5.74, 6) is 0.888. The summed E-state index contributed by atoms with van der Waals surface area (Å²) in [6.45, 7) is 0. The maximum atomic E-state index is 11.5. The van der Waals surface area contributed by atoms with Gasteiger partial charge in [-0.3, -0.25) is 10.2 Å². The second kappa shape index (κ2) is 6.18. The average Bonchev–Trinajstić information content (AvgIpc) is 2.71. The zero-order valence-corrected chi connectivity index (χ0v) is 12.5. The first-order chi connectivity index (χ1) is 9.11. The highest BCUT2D eigenvalue weighted by molar-refractivity contribution is 8.23. The maximum absolute atomic E-state index is 11.5. The van der Waals surface area contributed by atoms with E-state index in [1.165, 1.54) is 16.8 Å². The first kappa shape index (κ1) is 14.0. The molecule has 1 amide bonds. The number of carbonyl (C=O) groups is 1. The Bertz CT molecular complexity index is 520. The molecule has 1 saturated heterocycles. The Labute approximate surface area is 125 Å². The van der Waals surface area contributed by atoms with Crippen LogP contribution in [0.3, 0.4) is 0 Å². The van der Waals surface area contributed by atoms with Gasteiger partial charge in [0.05, 0.1) is 18.6 Å². The van der Waals surface area contributed by atoms with Gasteiger partial charge in [0, 0.05) is 0 Å². The predicted molar refractivity (Wildman–Crippen MR) is 84.3 cm³/mol. The van der Waals surface area contributed by atoms with E-state index in [0.717, 1.165) is 0 Å². The summed E-state index contributed by atoms with van der Waals surface area (Å²) >= 11 is 11.5. The molecular weight excluding hydrogens is 302 g/mol. The molecule has 1 aromatic rings. The van der Waals surface area contributed by atoms with Gasteiger partial charge in [-0.2, -0.15) is 0 Å². The van der Waals surface area contributed by atoms with E-state index in [-0.39, 0.29) is 11.0 Å². The number of thioether (sulfide) groups is 1. The minimum atomic E-state index is -0.112. The first-order valence-electron chi connectivity index (χ1n) is 5.32. The molecule has 1 aromatic carbocycles. The number of thiocarbonyl (C=S) groups is 2. The number of methoxy groups -OCH3 is 1. The number of hydrazine groups is 1. The monoisotopic (exact) mass is 313 g/mol. The summed E-state index contributed by atoms with van der Waals surface area (Å²) in [7, 11) is 1.58. The number of amides is 1. The van der Waals surface area contributed by atoms with Crippen LogP contribution in [0.2, 0.25) is 0 Å². The smallest absolute Gasteiger partial charge is 0.257 e. The number of hydrogen-bond donors (Lipinski definition) is 2. The van der Waals surface area contributed by atoms with Crippen LogP contribution in [0.5, 0.6) is 5.75 Å². The van der Waals surface area contributed by atoms with Gasteiger partial charge >= 0.3 is 0 Å². The highest BCUT2D eigenvalue weighted by Crippen LogP contribution is 2.23. The minimum Gasteiger partial charge on any atom is -0.495 e. The van der Waals surface area contributed by atoms with Crippen molar-refractivity contribution in [2.24, 2.45) is 0 Å². The summed E-state index contributed by atoms with van der Waals surface area (Å²) in [5.41, 5.74) is 3.48. The number of rotatable bonds is 3. The quantitative estimate of drug-likeness (QED) is 0.825. The zero-order valence-electron chi connectivity index (χ0n) is 10.0. The van der Waals surface area contributed by atoms with Gasteiger partial charge in [-0.25, -0.2) is 5.01 Å². The number of hydrogen-bond acceptors (Lipinski definition) is 5. The summed E-state index contributed by atoms with van der Waals surface area (Å²) < 4.78 is 5.66. The molecule has 100 valence electrons. The van der Waals surface area contributed by atoms with Crippen molar-refractivity contribution < 1.29 is 9.53 Å². The maximum Gasteiger partial charge on any atom is 0.257 e. The summed E-state index contributed by atoms with van der Waals surface area (Å²) in [5, 5.41) is 4.51. The van der Waals surface area contributed by atoms with Gasteiger partial charge in [0.2, 0.25) is 0 Å². The van der Waals surface area contributed by atoms with Gasteiger partial charge < -0.3 is 10.1 Å². The van der Waals surface area contributed by atoms with Gasteiger partial charge in [-0.05, 0) is 24.4 Å². The third-order valence-electron chi connectivity index (χ3n) is 2.32. The molecule has 1 fully saturated rings. The molecule has 0 unspecified atom stereocenters. The highest BCUT2D eigenvalue weighted by atomic mass is 32.2. The molecule has 0 spiro atoms. The lowest BCUT2D eigenvalue weighted by molar-refractivity contribution is -0.125. The van der Waals surface area contributed by atoms with Gasteiger partial charge in [-0.15, -0.1) is 0 Å². The molecule has 8 heteroatoms. The number of carbonyl (C=O) groups excluding carboxylic acids is 1. The van der Waals surface area contributed by atoms with Crippen molar-refractivity contribution in [3.05, 3.63) is 24.3 Å². The highest BCUT2D eigenvalue weighted by Gasteiger charge is 2.27. The van der Waals surface area contributed by atoms with Crippen LogP contribution in [-0.4, -0.2) is 33.2 Å². The number of benzene rings is 1. The van der Waals surface area contributed by atoms with Crippen molar-refractivity contribution in [3.8, 4) is 5.75 Å². The van der Waals surface area contributed by atoms with E-state index in [9.17, 15) is 4.79 Å². The van der Waals surface area contributed by atoms with Gasteiger partial charge in [0.15, 0.2) is 9.43 Å². The van der Waals surface area contributed by atoms with Crippen LogP contribution in [0.4, 0.5) is 5.69 Å². The number of anilines is 1. The molecule has 1 aliphatic heterocycles. The molecule has 2 N–H and O–H groups in total. The van der Waals surface area contributed by atoms with Crippen LogP contribution >= 0.6 is 36.2 Å². The molecule has 0 radical (unpaired) electrons. The van der Waals surface area contributed by atoms with Crippen LogP contribution < -0.4 is 15.5 Å². The second-order valence-corrected chi connectivity index (χ2v) is 5.57. The molecule has 0 aromatic heterocycles. The van der Waals surface area contributed by atoms with E-state index < -0.39 is 0 Å². The Balaban J connectivity index is 2.01. The minimum absolute atomic E-state index is 0.112. The van der Waals surface area contributed by atoms with Gasteiger partial charge in [-0.1, -0.05) is 36.1 Å². The number of nitrogens with zero attached hydrogens (tertiary/aromatic N) is 1. The van der Waals surface area contributed by atoms with Crippen LogP contribution in [-0.2, 0) is 4.79 Å². The predicted octanol–water partition coefficient (Wildman–Crippen LogP) is 1.76. The van der Waals surface area contributed by atoms with Crippen LogP contribution in [0, 0.1) is 0 Å². The fourth-order valence-corrected chi connectivity index (χ4v) is 2.64. The molecule has 0 atom stereocenters. The fourth-order valence-electron chi connectivity index (χ4n) is 1.46. The second-order valence-electron chi connectivity index (χ2n) is 3.55. The third-order valence-corrected chi connectivity index (χ3v) is 3.87. The fraction of sp³-hybridized carbons (Fsp3) is 0.182. The molecule has 19 heavy (non-hydrogen) atoms. The van der Waals surface area contributed by atoms with E-state index in [1.54, 1.807) is 7.11 Å². The Morgan fingerprint density at radius 2 is 2.21 bits per heavy atom. The van der Waals surface area contributed by atoms with E-state index in [1.807, 2.05) is 24.3 Å². The number of ether oxygens (including phenoxy) is 1. The van der Waals surface area contributed by atoms with Crippen molar-refractivity contribution in [3.63, 3.8) is 0 Å². The zero-order chi connectivity index (χ0) is 13.8. The Kier molecular flexibility index (Phi) is 4.56. The Morgan fingerprint density at radius 1 is 1.47 bits per heavy atom. The Hall–Kier alpha value is -1.38. The standard InChI is InChI=1S/C11H11N3O2S3/c1-16-8-5-3-2-4-7(8)12-10(17)13-14-9(15)6-19-11(14)18/h2-5H,6H2,1H3,(H2,12,13,17). The van der Waals surface area contributed by atoms with E-state index >= 15 is 0 Å². The van der Waals surface area contributed by atoms with Gasteiger partial charge in [0.1, 0.15) is 5.75 Å². The molecule has 1 heterocycles. The van der Waals surface area contributed by atoms with Crippen LogP contribution in [0.25, 0.3) is 0 Å². The summed E-state index contributed by atoms with van der Waals surface area (Å²) in [6, 6.07) is 7.35. The lowest BCUT2D eigenvalue weighted by Gasteiger charge is -2.19. The number of para-hydroxylation sites is 2. The summed E-state index contributed by atoms with van der Waals surface area (Å²) in [4.78, 5) is 11.5. The van der Waals surface area contributed by atoms with Gasteiger partial charge in [0.25, 0.3) is 5.91 Å². The largest absolute Gasteiger partial charge is 0.495 e. The van der Waals surface area contributed by atoms with Crippen LogP contribution in [0.1, 0.15) is 0 Å². The van der Waals surface area contributed by atoms with Crippen LogP contribution in [0.15, 0.2) is 24.3 Å². The van der Waals surface area contributed by atoms with Crippen molar-refractivity contribution in [2.45, 2.75) is 0 Å². The van der Waals surface area contributed by atoms with Crippen molar-refractivity contribution in [1.82, 2.24) is 10.4 Å². The SMILES string of the molecule is COc1ccccc1NC(=S)NN1C(=O)CSC1=S. The first-order valence-corrected chi connectivity index (χ1v) is 7.12. The average molecular weight is 313 g/mol. The van der Waals surface area contributed by atoms with E-state index in [4.69, 9.17) is 29.2 Å². The van der Waals surface area contributed by atoms with Crippen molar-refractivity contribution in [1.29, 1.82) is 0 Å². The molecular formula is C11H11N3O2S3. The summed E-state index contributed by atoms with van der Waals surface area (Å²) in [6.07, 6.45) is 0. The topological polar surface area (TPSA) is 53.6 Å². The normalized spacial score (nSPS) is 14.5. The Morgan fingerprint density at radius 3 is 2.84 bits per heavy atom. The molecule has 2 rings (SSSR count). The molecule has 0 saturated carbocycles. The molecule has 1 aliphatic rings. The van der Waals surface area contributed by atoms with E-state index in [0.29, 0.717) is 21.5 Å². The van der Waals surface area contributed by atoms with Crippen molar-refractivity contribution >= 4 is 57.2 Å². The van der Waals surface area contributed by atoms with Crippen molar-refractivity contribution in [2.75, 3.05) is 18.2 Å². The lowest BCUT2D eigenvalue weighted by Crippen LogP contribution is -2.46. The van der Waals surface area contributed by atoms with E-state index in [2.05, 4.69) is 10.7 Å².